The standard InChI is InChI=1S/C32H36F3N3O4S/c1-23-16-18-25(19-17-23)21-37(24(2)31(40)36-27-11-5-3-6-12-27)30(39)22-38(43(41,42)29-14-7-4-8-15-29)28-13-9-10-26(20-28)32(33,34)35/h4,7-10,13-20,24,27H,3,5-6,11-12,21-22H2,1-2H3,(H,36,40). The smallest absolute Gasteiger partial charge is 0.352 e. The lowest BCUT2D eigenvalue weighted by molar-refractivity contribution is -0.139. The van der Waals surface area contributed by atoms with Crippen LogP contribution < -0.4 is 9.62 Å². The highest BCUT2D eigenvalue weighted by Gasteiger charge is 2.35. The van der Waals surface area contributed by atoms with Crippen molar-refractivity contribution < 1.29 is 31.2 Å². The molecule has 1 saturated carbocycles. The molecule has 3 aromatic rings. The number of halogens is 3. The van der Waals surface area contributed by atoms with Crippen LogP contribution in [0.3, 0.4) is 0 Å². The fourth-order valence-corrected chi connectivity index (χ4v) is 6.55. The van der Waals surface area contributed by atoms with E-state index in [0.29, 0.717) is 15.9 Å². The molecule has 3 aromatic carbocycles. The first-order valence-electron chi connectivity index (χ1n) is 14.3. The Morgan fingerprint density at radius 1 is 0.930 bits per heavy atom. The zero-order chi connectivity index (χ0) is 31.2. The molecular weight excluding hydrogens is 579 g/mol. The molecule has 7 nitrogen and oxygen atoms in total. The number of carbonyl (C=O) groups is 2. The number of rotatable bonds is 10. The summed E-state index contributed by atoms with van der Waals surface area (Å²) in [5, 5.41) is 3.02. The van der Waals surface area contributed by atoms with E-state index in [1.807, 2.05) is 31.2 Å². The van der Waals surface area contributed by atoms with Crippen molar-refractivity contribution in [1.82, 2.24) is 10.2 Å². The van der Waals surface area contributed by atoms with Gasteiger partial charge in [-0.2, -0.15) is 13.2 Å². The third-order valence-corrected chi connectivity index (χ3v) is 9.45. The summed E-state index contributed by atoms with van der Waals surface area (Å²) in [6, 6.07) is 17.4. The number of benzene rings is 3. The molecule has 1 aliphatic rings. The number of anilines is 1. The Morgan fingerprint density at radius 2 is 1.58 bits per heavy atom. The minimum Gasteiger partial charge on any atom is -0.352 e. The zero-order valence-corrected chi connectivity index (χ0v) is 25.0. The minimum atomic E-state index is -4.73. The molecule has 1 aliphatic carbocycles. The average Bonchev–Trinajstić information content (AvgIpc) is 2.99. The van der Waals surface area contributed by atoms with Crippen LogP contribution in [0.4, 0.5) is 18.9 Å². The topological polar surface area (TPSA) is 86.8 Å². The largest absolute Gasteiger partial charge is 0.416 e. The van der Waals surface area contributed by atoms with E-state index in [1.54, 1.807) is 13.0 Å². The average molecular weight is 616 g/mol. The van der Waals surface area contributed by atoms with Gasteiger partial charge in [-0.15, -0.1) is 0 Å². The van der Waals surface area contributed by atoms with E-state index in [0.717, 1.165) is 49.8 Å². The fraction of sp³-hybridized carbons (Fsp3) is 0.375. The quantitative estimate of drug-likeness (QED) is 0.300. The summed E-state index contributed by atoms with van der Waals surface area (Å²) in [6.45, 7) is 2.67. The molecule has 230 valence electrons. The maximum atomic E-state index is 14.0. The lowest BCUT2D eigenvalue weighted by Crippen LogP contribution is -2.53. The van der Waals surface area contributed by atoms with Crippen LogP contribution in [0.5, 0.6) is 0 Å². The Morgan fingerprint density at radius 3 is 2.21 bits per heavy atom. The van der Waals surface area contributed by atoms with Gasteiger partial charge in [-0.1, -0.05) is 73.4 Å². The summed E-state index contributed by atoms with van der Waals surface area (Å²) < 4.78 is 69.1. The molecule has 0 radical (unpaired) electrons. The first-order valence-corrected chi connectivity index (χ1v) is 15.7. The van der Waals surface area contributed by atoms with Crippen molar-refractivity contribution >= 4 is 27.5 Å². The molecule has 4 rings (SSSR count). The summed E-state index contributed by atoms with van der Waals surface area (Å²) >= 11 is 0. The Kier molecular flexibility index (Phi) is 10.2. The van der Waals surface area contributed by atoms with Crippen molar-refractivity contribution in [1.29, 1.82) is 0 Å². The van der Waals surface area contributed by atoms with Gasteiger partial charge in [-0.05, 0) is 62.6 Å². The van der Waals surface area contributed by atoms with E-state index in [2.05, 4.69) is 5.32 Å². The molecule has 1 N–H and O–H groups in total. The number of sulfonamides is 1. The zero-order valence-electron chi connectivity index (χ0n) is 24.2. The van der Waals surface area contributed by atoms with Crippen LogP contribution in [0.25, 0.3) is 0 Å². The van der Waals surface area contributed by atoms with Crippen LogP contribution in [0.15, 0.2) is 83.8 Å². The molecule has 0 saturated heterocycles. The van der Waals surface area contributed by atoms with Gasteiger partial charge in [0.15, 0.2) is 0 Å². The first kappa shape index (κ1) is 32.1. The van der Waals surface area contributed by atoms with Gasteiger partial charge in [0.25, 0.3) is 10.0 Å². The molecule has 0 aliphatic heterocycles. The summed E-state index contributed by atoms with van der Waals surface area (Å²) in [5.41, 5.74) is 0.339. The summed E-state index contributed by atoms with van der Waals surface area (Å²) in [7, 11) is -4.47. The van der Waals surface area contributed by atoms with Gasteiger partial charge in [0.05, 0.1) is 16.1 Å². The van der Waals surface area contributed by atoms with Crippen molar-refractivity contribution in [2.24, 2.45) is 0 Å². The lowest BCUT2D eigenvalue weighted by Gasteiger charge is -2.33. The van der Waals surface area contributed by atoms with Crippen molar-refractivity contribution in [3.8, 4) is 0 Å². The van der Waals surface area contributed by atoms with Gasteiger partial charge in [0.1, 0.15) is 12.6 Å². The summed E-state index contributed by atoms with van der Waals surface area (Å²) in [5.74, 6) is -1.10. The molecule has 0 aromatic heterocycles. The molecule has 2 amide bonds. The number of aryl methyl sites for hydroxylation is 1. The van der Waals surface area contributed by atoms with E-state index in [-0.39, 0.29) is 29.1 Å². The fourth-order valence-electron chi connectivity index (χ4n) is 5.13. The van der Waals surface area contributed by atoms with E-state index in [9.17, 15) is 31.2 Å². The number of carbonyl (C=O) groups excluding carboxylic acids is 2. The Hall–Kier alpha value is -3.86. The number of nitrogens with zero attached hydrogens (tertiary/aromatic N) is 2. The Labute approximate surface area is 250 Å². The van der Waals surface area contributed by atoms with Gasteiger partial charge in [0, 0.05) is 12.6 Å². The summed E-state index contributed by atoms with van der Waals surface area (Å²) in [4.78, 5) is 28.5. The third-order valence-electron chi connectivity index (χ3n) is 7.66. The monoisotopic (exact) mass is 615 g/mol. The van der Waals surface area contributed by atoms with E-state index < -0.39 is 40.3 Å². The highest BCUT2D eigenvalue weighted by molar-refractivity contribution is 7.92. The SMILES string of the molecule is Cc1ccc(CN(C(=O)CN(c2cccc(C(F)(F)F)c2)S(=O)(=O)c2ccccc2)C(C)C(=O)NC2CCCCC2)cc1. The second kappa shape index (κ2) is 13.6. The predicted octanol–water partition coefficient (Wildman–Crippen LogP) is 6.08. The Balaban J connectivity index is 1.71. The van der Waals surface area contributed by atoms with Crippen LogP contribution in [0.1, 0.15) is 55.7 Å². The molecule has 0 spiro atoms. The Bertz CT molecular complexity index is 1510. The number of alkyl halides is 3. The van der Waals surface area contributed by atoms with E-state index in [4.69, 9.17) is 0 Å². The highest BCUT2D eigenvalue weighted by atomic mass is 32.2. The van der Waals surface area contributed by atoms with Gasteiger partial charge < -0.3 is 10.2 Å². The van der Waals surface area contributed by atoms with Crippen LogP contribution in [-0.4, -0.2) is 43.8 Å². The normalized spacial score (nSPS) is 15.0. The molecular formula is C32H36F3N3O4S. The predicted molar refractivity (Wildman–Crippen MR) is 159 cm³/mol. The molecule has 0 bridgehead atoms. The van der Waals surface area contributed by atoms with E-state index in [1.165, 1.54) is 35.2 Å². The van der Waals surface area contributed by atoms with Crippen LogP contribution >= 0.6 is 0 Å². The molecule has 11 heteroatoms. The van der Waals surface area contributed by atoms with Crippen LogP contribution in [0.2, 0.25) is 0 Å². The number of hydrogen-bond acceptors (Lipinski definition) is 4. The maximum Gasteiger partial charge on any atom is 0.416 e. The molecule has 1 atom stereocenters. The maximum absolute atomic E-state index is 14.0. The van der Waals surface area contributed by atoms with Gasteiger partial charge in [0.2, 0.25) is 11.8 Å². The highest BCUT2D eigenvalue weighted by Crippen LogP contribution is 2.33. The van der Waals surface area contributed by atoms with Crippen LogP contribution in [-0.2, 0) is 32.3 Å². The van der Waals surface area contributed by atoms with Crippen molar-refractivity contribution in [2.45, 2.75) is 75.7 Å². The second-order valence-electron chi connectivity index (χ2n) is 10.9. The molecule has 1 fully saturated rings. The molecule has 43 heavy (non-hydrogen) atoms. The van der Waals surface area contributed by atoms with Crippen LogP contribution in [0, 0.1) is 6.92 Å². The molecule has 1 unspecified atom stereocenters. The number of nitrogens with one attached hydrogen (secondary N) is 1. The molecule has 0 heterocycles. The van der Waals surface area contributed by atoms with E-state index >= 15 is 0 Å². The summed E-state index contributed by atoms with van der Waals surface area (Å²) in [6.07, 6.45) is 0.0297. The lowest BCUT2D eigenvalue weighted by atomic mass is 9.95. The third kappa shape index (κ3) is 8.16. The van der Waals surface area contributed by atoms with Gasteiger partial charge in [-0.25, -0.2) is 8.42 Å². The van der Waals surface area contributed by atoms with Crippen molar-refractivity contribution in [2.75, 3.05) is 10.8 Å². The van der Waals surface area contributed by atoms with Crippen molar-refractivity contribution in [3.63, 3.8) is 0 Å². The second-order valence-corrected chi connectivity index (χ2v) is 12.8. The minimum absolute atomic E-state index is 0.000181. The van der Waals surface area contributed by atoms with Gasteiger partial charge in [-0.3, -0.25) is 13.9 Å². The number of hydrogen-bond donors (Lipinski definition) is 1. The van der Waals surface area contributed by atoms with Crippen molar-refractivity contribution in [3.05, 3.63) is 95.6 Å². The number of amides is 2. The first-order chi connectivity index (χ1) is 20.4. The van der Waals surface area contributed by atoms with Gasteiger partial charge >= 0.3 is 6.18 Å².